The van der Waals surface area contributed by atoms with Gasteiger partial charge in [-0.3, -0.25) is 9.52 Å². The molecule has 20 heavy (non-hydrogen) atoms. The molecule has 1 aromatic heterocycles. The summed E-state index contributed by atoms with van der Waals surface area (Å²) >= 11 is 1.13. The number of anilines is 2. The van der Waals surface area contributed by atoms with Crippen molar-refractivity contribution in [2.24, 2.45) is 0 Å². The van der Waals surface area contributed by atoms with Crippen LogP contribution in [0.5, 0.6) is 5.75 Å². The number of carbonyl (C=O) groups is 1. The highest BCUT2D eigenvalue weighted by Gasteiger charge is 2.19. The van der Waals surface area contributed by atoms with Crippen LogP contribution in [-0.2, 0) is 14.8 Å². The topological polar surface area (TPSA) is 84.5 Å². The molecular formula is C12H10N2O4S2. The minimum atomic E-state index is -3.60. The molecule has 2 aromatic rings. The van der Waals surface area contributed by atoms with E-state index in [-0.39, 0.29) is 16.7 Å². The van der Waals surface area contributed by atoms with Gasteiger partial charge in [0.25, 0.3) is 15.9 Å². The van der Waals surface area contributed by atoms with E-state index in [1.54, 1.807) is 23.6 Å². The number of amides is 1. The van der Waals surface area contributed by atoms with Crippen LogP contribution in [0, 0.1) is 0 Å². The Bertz CT molecular complexity index is 754. The number of fused-ring (bicyclic) bond motifs is 1. The zero-order valence-electron chi connectivity index (χ0n) is 10.1. The third kappa shape index (κ3) is 2.47. The molecule has 1 amide bonds. The average Bonchev–Trinajstić information content (AvgIpc) is 2.92. The molecule has 1 aromatic carbocycles. The number of carbonyl (C=O) groups excluding carboxylic acids is 1. The lowest BCUT2D eigenvalue weighted by Gasteiger charge is -2.18. The van der Waals surface area contributed by atoms with E-state index in [1.165, 1.54) is 12.1 Å². The molecule has 1 aliphatic rings. The van der Waals surface area contributed by atoms with Crippen molar-refractivity contribution in [2.75, 3.05) is 16.6 Å². The number of rotatable bonds is 3. The van der Waals surface area contributed by atoms with Crippen molar-refractivity contribution in [3.8, 4) is 5.75 Å². The van der Waals surface area contributed by atoms with E-state index in [9.17, 15) is 13.2 Å². The van der Waals surface area contributed by atoms with Gasteiger partial charge in [-0.05, 0) is 29.6 Å². The Morgan fingerprint density at radius 2 is 2.15 bits per heavy atom. The molecule has 6 nitrogen and oxygen atoms in total. The van der Waals surface area contributed by atoms with Crippen molar-refractivity contribution in [1.82, 2.24) is 0 Å². The fourth-order valence-electron chi connectivity index (χ4n) is 1.77. The Hall–Kier alpha value is -2.06. The zero-order valence-corrected chi connectivity index (χ0v) is 11.8. The zero-order chi connectivity index (χ0) is 14.2. The van der Waals surface area contributed by atoms with Gasteiger partial charge in [0.15, 0.2) is 6.61 Å². The third-order valence-corrected chi connectivity index (χ3v) is 5.40. The predicted molar refractivity (Wildman–Crippen MR) is 75.7 cm³/mol. The minimum Gasteiger partial charge on any atom is -0.482 e. The van der Waals surface area contributed by atoms with E-state index < -0.39 is 10.0 Å². The fourth-order valence-corrected chi connectivity index (χ4v) is 3.81. The first-order valence-corrected chi connectivity index (χ1v) is 8.04. The molecule has 0 radical (unpaired) electrons. The van der Waals surface area contributed by atoms with Crippen LogP contribution in [0.3, 0.4) is 0 Å². The summed E-state index contributed by atoms with van der Waals surface area (Å²) in [5, 5.41) is 4.31. The van der Waals surface area contributed by atoms with Gasteiger partial charge in [0, 0.05) is 0 Å². The SMILES string of the molecule is O=C1COc2ccc(NS(=O)(=O)c3cccs3)cc2N1. The van der Waals surface area contributed by atoms with Gasteiger partial charge in [-0.25, -0.2) is 8.42 Å². The first kappa shape index (κ1) is 12.9. The van der Waals surface area contributed by atoms with Crippen LogP contribution in [0.1, 0.15) is 0 Å². The molecule has 1 aliphatic heterocycles. The standard InChI is InChI=1S/C12H10N2O4S2/c15-11-7-18-10-4-3-8(6-9(10)13-11)14-20(16,17)12-2-1-5-19-12/h1-6,14H,7H2,(H,13,15). The summed E-state index contributed by atoms with van der Waals surface area (Å²) < 4.78 is 32.1. The van der Waals surface area contributed by atoms with E-state index in [2.05, 4.69) is 10.0 Å². The number of hydrogen-bond acceptors (Lipinski definition) is 5. The number of nitrogens with one attached hydrogen (secondary N) is 2. The van der Waals surface area contributed by atoms with Crippen LogP contribution in [-0.4, -0.2) is 20.9 Å². The van der Waals surface area contributed by atoms with Crippen molar-refractivity contribution in [3.05, 3.63) is 35.7 Å². The van der Waals surface area contributed by atoms with Crippen molar-refractivity contribution >= 4 is 38.6 Å². The molecule has 0 saturated heterocycles. The van der Waals surface area contributed by atoms with Gasteiger partial charge in [0.05, 0.1) is 11.4 Å². The lowest BCUT2D eigenvalue weighted by atomic mass is 10.2. The van der Waals surface area contributed by atoms with Crippen molar-refractivity contribution in [3.63, 3.8) is 0 Å². The van der Waals surface area contributed by atoms with E-state index in [1.807, 2.05) is 0 Å². The van der Waals surface area contributed by atoms with E-state index in [0.717, 1.165) is 11.3 Å². The summed E-state index contributed by atoms with van der Waals surface area (Å²) in [4.78, 5) is 11.2. The molecule has 0 spiro atoms. The molecular weight excluding hydrogens is 300 g/mol. The number of sulfonamides is 1. The highest BCUT2D eigenvalue weighted by Crippen LogP contribution is 2.31. The van der Waals surface area contributed by atoms with Crippen LogP contribution in [0.25, 0.3) is 0 Å². The van der Waals surface area contributed by atoms with E-state index in [0.29, 0.717) is 17.1 Å². The molecule has 0 atom stereocenters. The highest BCUT2D eigenvalue weighted by atomic mass is 32.2. The summed E-state index contributed by atoms with van der Waals surface area (Å²) in [6.45, 7) is -0.0345. The summed E-state index contributed by atoms with van der Waals surface area (Å²) in [5.41, 5.74) is 0.815. The average molecular weight is 310 g/mol. The first-order chi connectivity index (χ1) is 9.54. The Morgan fingerprint density at radius 3 is 2.90 bits per heavy atom. The quantitative estimate of drug-likeness (QED) is 0.906. The number of benzene rings is 1. The van der Waals surface area contributed by atoms with Gasteiger partial charge in [0.1, 0.15) is 9.96 Å². The van der Waals surface area contributed by atoms with E-state index >= 15 is 0 Å². The molecule has 0 aliphatic carbocycles. The smallest absolute Gasteiger partial charge is 0.271 e. The third-order valence-electron chi connectivity index (χ3n) is 2.62. The highest BCUT2D eigenvalue weighted by molar-refractivity contribution is 7.94. The largest absolute Gasteiger partial charge is 0.482 e. The summed E-state index contributed by atoms with van der Waals surface area (Å²) in [6, 6.07) is 7.91. The summed E-state index contributed by atoms with van der Waals surface area (Å²) in [7, 11) is -3.60. The van der Waals surface area contributed by atoms with Gasteiger partial charge in [-0.15, -0.1) is 11.3 Å². The lowest BCUT2D eigenvalue weighted by molar-refractivity contribution is -0.118. The fraction of sp³-hybridized carbons (Fsp3) is 0.0833. The van der Waals surface area contributed by atoms with Crippen LogP contribution >= 0.6 is 11.3 Å². The van der Waals surface area contributed by atoms with Gasteiger partial charge in [0.2, 0.25) is 0 Å². The summed E-state index contributed by atoms with van der Waals surface area (Å²) in [6.07, 6.45) is 0. The van der Waals surface area contributed by atoms with Crippen molar-refractivity contribution < 1.29 is 17.9 Å². The minimum absolute atomic E-state index is 0.0345. The number of thiophene rings is 1. The molecule has 0 bridgehead atoms. The van der Waals surface area contributed by atoms with Crippen LogP contribution in [0.2, 0.25) is 0 Å². The van der Waals surface area contributed by atoms with Crippen LogP contribution in [0.15, 0.2) is 39.9 Å². The molecule has 104 valence electrons. The Morgan fingerprint density at radius 1 is 1.30 bits per heavy atom. The predicted octanol–water partition coefficient (Wildman–Crippen LogP) is 1.88. The normalized spacial score (nSPS) is 14.1. The second-order valence-electron chi connectivity index (χ2n) is 4.09. The van der Waals surface area contributed by atoms with Crippen LogP contribution in [0.4, 0.5) is 11.4 Å². The van der Waals surface area contributed by atoms with Crippen molar-refractivity contribution in [1.29, 1.82) is 0 Å². The molecule has 0 saturated carbocycles. The second-order valence-corrected chi connectivity index (χ2v) is 6.94. The summed E-state index contributed by atoms with van der Waals surface area (Å²) in [5.74, 6) is 0.249. The lowest BCUT2D eigenvalue weighted by Crippen LogP contribution is -2.25. The molecule has 3 rings (SSSR count). The molecule has 2 N–H and O–H groups in total. The Labute approximate surface area is 119 Å². The van der Waals surface area contributed by atoms with Crippen molar-refractivity contribution in [2.45, 2.75) is 4.21 Å². The number of hydrogen-bond donors (Lipinski definition) is 2. The molecule has 0 unspecified atom stereocenters. The second kappa shape index (κ2) is 4.80. The van der Waals surface area contributed by atoms with Gasteiger partial charge in [-0.1, -0.05) is 6.07 Å². The maximum absolute atomic E-state index is 12.1. The van der Waals surface area contributed by atoms with Gasteiger partial charge in [-0.2, -0.15) is 0 Å². The maximum atomic E-state index is 12.1. The van der Waals surface area contributed by atoms with Gasteiger partial charge < -0.3 is 10.1 Å². The molecule has 0 fully saturated rings. The molecule has 2 heterocycles. The number of ether oxygens (including phenoxy) is 1. The Balaban J connectivity index is 1.89. The van der Waals surface area contributed by atoms with Gasteiger partial charge >= 0.3 is 0 Å². The Kier molecular flexibility index (Phi) is 3.11. The van der Waals surface area contributed by atoms with Crippen LogP contribution < -0.4 is 14.8 Å². The first-order valence-electron chi connectivity index (χ1n) is 5.68. The maximum Gasteiger partial charge on any atom is 0.271 e. The van der Waals surface area contributed by atoms with E-state index in [4.69, 9.17) is 4.74 Å². The molecule has 8 heteroatoms. The monoisotopic (exact) mass is 310 g/mol.